The molecule has 0 fully saturated rings. The van der Waals surface area contributed by atoms with E-state index in [1.807, 2.05) is 24.3 Å². The van der Waals surface area contributed by atoms with Crippen molar-refractivity contribution in [1.82, 2.24) is 0 Å². The largest absolute Gasteiger partial charge is 0.493 e. The lowest BCUT2D eigenvalue weighted by atomic mass is 10.1. The molecule has 0 saturated carbocycles. The minimum atomic E-state index is 0.353. The van der Waals surface area contributed by atoms with E-state index in [1.54, 1.807) is 19.2 Å². The van der Waals surface area contributed by atoms with Crippen molar-refractivity contribution in [2.75, 3.05) is 12.8 Å². The average molecular weight is 292 g/mol. The molecule has 0 heterocycles. The highest BCUT2D eigenvalue weighted by Crippen LogP contribution is 2.30. The van der Waals surface area contributed by atoms with Gasteiger partial charge in [0.2, 0.25) is 0 Å². The van der Waals surface area contributed by atoms with Crippen LogP contribution in [0.1, 0.15) is 18.1 Å². The maximum Gasteiger partial charge on any atom is 0.161 e. The smallest absolute Gasteiger partial charge is 0.161 e. The summed E-state index contributed by atoms with van der Waals surface area (Å²) in [6.45, 7) is 2.45. The molecule has 2 rings (SSSR count). The molecule has 0 aromatic heterocycles. The number of benzene rings is 2. The third kappa shape index (κ3) is 3.36. The van der Waals surface area contributed by atoms with Crippen molar-refractivity contribution in [2.45, 2.75) is 20.0 Å². The first-order valence-corrected chi connectivity index (χ1v) is 6.85. The van der Waals surface area contributed by atoms with Gasteiger partial charge in [0.05, 0.1) is 7.11 Å². The summed E-state index contributed by atoms with van der Waals surface area (Å²) in [6, 6.07) is 11.3. The van der Waals surface area contributed by atoms with Crippen LogP contribution >= 0.6 is 11.6 Å². The van der Waals surface area contributed by atoms with Crippen LogP contribution in [0.4, 0.5) is 5.69 Å². The first-order chi connectivity index (χ1) is 9.63. The van der Waals surface area contributed by atoms with Crippen LogP contribution in [0.25, 0.3) is 0 Å². The molecular weight excluding hydrogens is 274 g/mol. The number of nitrogens with two attached hydrogens (primary N) is 1. The van der Waals surface area contributed by atoms with E-state index < -0.39 is 0 Å². The lowest BCUT2D eigenvalue weighted by Crippen LogP contribution is -2.00. The van der Waals surface area contributed by atoms with Gasteiger partial charge in [-0.15, -0.1) is 0 Å². The zero-order valence-corrected chi connectivity index (χ0v) is 12.4. The number of hydrogen-bond donors (Lipinski definition) is 1. The molecule has 0 atom stereocenters. The topological polar surface area (TPSA) is 44.5 Å². The molecular formula is C16H18ClNO2. The summed E-state index contributed by atoms with van der Waals surface area (Å²) in [5.41, 5.74) is 8.48. The Labute approximate surface area is 124 Å². The fourth-order valence-corrected chi connectivity index (χ4v) is 2.08. The molecule has 4 heteroatoms. The summed E-state index contributed by atoms with van der Waals surface area (Å²) in [5.74, 6) is 1.42. The van der Waals surface area contributed by atoms with Crippen molar-refractivity contribution in [3.05, 3.63) is 52.5 Å². The standard InChI is InChI=1S/C16H18ClNO2/c1-3-11-4-7-15(16(8-11)19-2)20-10-12-9-13(18)5-6-14(12)17/h4-9H,3,10,18H2,1-2H3. The van der Waals surface area contributed by atoms with E-state index >= 15 is 0 Å². The second-order valence-corrected chi connectivity index (χ2v) is 4.89. The Bertz CT molecular complexity index is 599. The van der Waals surface area contributed by atoms with Crippen molar-refractivity contribution in [1.29, 1.82) is 0 Å². The second kappa shape index (κ2) is 6.53. The normalized spacial score (nSPS) is 10.3. The second-order valence-electron chi connectivity index (χ2n) is 4.48. The lowest BCUT2D eigenvalue weighted by molar-refractivity contribution is 0.284. The van der Waals surface area contributed by atoms with Gasteiger partial charge >= 0.3 is 0 Å². The summed E-state index contributed by atoms with van der Waals surface area (Å²) >= 11 is 6.12. The van der Waals surface area contributed by atoms with Gasteiger partial charge in [-0.3, -0.25) is 0 Å². The third-order valence-electron chi connectivity index (χ3n) is 3.09. The molecule has 0 bridgehead atoms. The van der Waals surface area contributed by atoms with Gasteiger partial charge < -0.3 is 15.2 Å². The number of aryl methyl sites for hydroxylation is 1. The molecule has 2 aromatic carbocycles. The number of ether oxygens (including phenoxy) is 2. The van der Waals surface area contributed by atoms with Gasteiger partial charge in [-0.25, -0.2) is 0 Å². The van der Waals surface area contributed by atoms with Crippen molar-refractivity contribution < 1.29 is 9.47 Å². The third-order valence-corrected chi connectivity index (χ3v) is 3.46. The molecule has 0 unspecified atom stereocenters. The Balaban J connectivity index is 2.16. The van der Waals surface area contributed by atoms with Crippen LogP contribution in [0, 0.1) is 0 Å². The van der Waals surface area contributed by atoms with Crippen LogP contribution in [0.2, 0.25) is 5.02 Å². The summed E-state index contributed by atoms with van der Waals surface area (Å²) < 4.78 is 11.1. The highest BCUT2D eigenvalue weighted by atomic mass is 35.5. The van der Waals surface area contributed by atoms with Gasteiger partial charge in [-0.2, -0.15) is 0 Å². The molecule has 0 spiro atoms. The van der Waals surface area contributed by atoms with E-state index in [4.69, 9.17) is 26.8 Å². The Morgan fingerprint density at radius 3 is 2.60 bits per heavy atom. The van der Waals surface area contributed by atoms with Gasteiger partial charge in [-0.1, -0.05) is 24.6 Å². The zero-order chi connectivity index (χ0) is 14.5. The first-order valence-electron chi connectivity index (χ1n) is 6.47. The van der Waals surface area contributed by atoms with Crippen LogP contribution in [-0.2, 0) is 13.0 Å². The van der Waals surface area contributed by atoms with E-state index in [2.05, 4.69) is 6.92 Å². The SMILES string of the molecule is CCc1ccc(OCc2cc(N)ccc2Cl)c(OC)c1. The highest BCUT2D eigenvalue weighted by Gasteiger charge is 2.07. The molecule has 106 valence electrons. The quantitative estimate of drug-likeness (QED) is 0.845. The average Bonchev–Trinajstić information content (AvgIpc) is 2.48. The van der Waals surface area contributed by atoms with Crippen molar-refractivity contribution in [3.63, 3.8) is 0 Å². The van der Waals surface area contributed by atoms with Crippen LogP contribution in [0.3, 0.4) is 0 Å². The minimum Gasteiger partial charge on any atom is -0.493 e. The van der Waals surface area contributed by atoms with Crippen molar-refractivity contribution >= 4 is 17.3 Å². The molecule has 0 radical (unpaired) electrons. The molecule has 0 aliphatic rings. The summed E-state index contributed by atoms with van der Waals surface area (Å²) in [6.07, 6.45) is 0.956. The highest BCUT2D eigenvalue weighted by molar-refractivity contribution is 6.31. The predicted octanol–water partition coefficient (Wildman–Crippen LogP) is 4.07. The van der Waals surface area contributed by atoms with E-state index in [1.165, 1.54) is 5.56 Å². The Kier molecular flexibility index (Phi) is 4.74. The minimum absolute atomic E-state index is 0.353. The summed E-state index contributed by atoms with van der Waals surface area (Å²) in [7, 11) is 1.63. The molecule has 0 aliphatic heterocycles. The first kappa shape index (κ1) is 14.5. The molecule has 0 aliphatic carbocycles. The number of anilines is 1. The van der Waals surface area contributed by atoms with Gasteiger partial charge in [0, 0.05) is 16.3 Å². The Morgan fingerprint density at radius 2 is 1.90 bits per heavy atom. The predicted molar refractivity (Wildman–Crippen MR) is 82.6 cm³/mol. The molecule has 0 saturated heterocycles. The van der Waals surface area contributed by atoms with E-state index in [0.29, 0.717) is 23.1 Å². The maximum atomic E-state index is 6.12. The van der Waals surface area contributed by atoms with E-state index in [9.17, 15) is 0 Å². The number of halogens is 1. The Hall–Kier alpha value is -1.87. The van der Waals surface area contributed by atoms with E-state index in [-0.39, 0.29) is 0 Å². The fourth-order valence-electron chi connectivity index (χ4n) is 1.91. The maximum absolute atomic E-state index is 6.12. The van der Waals surface area contributed by atoms with Crippen LogP contribution in [0.5, 0.6) is 11.5 Å². The lowest BCUT2D eigenvalue weighted by Gasteiger charge is -2.13. The van der Waals surface area contributed by atoms with Gasteiger partial charge in [-0.05, 0) is 42.3 Å². The monoisotopic (exact) mass is 291 g/mol. The van der Waals surface area contributed by atoms with Gasteiger partial charge in [0.1, 0.15) is 6.61 Å². The molecule has 2 aromatic rings. The number of hydrogen-bond acceptors (Lipinski definition) is 3. The van der Waals surface area contributed by atoms with Crippen molar-refractivity contribution in [2.24, 2.45) is 0 Å². The summed E-state index contributed by atoms with van der Waals surface area (Å²) in [5, 5.41) is 0.642. The number of nitrogen functional groups attached to an aromatic ring is 1. The summed E-state index contributed by atoms with van der Waals surface area (Å²) in [4.78, 5) is 0. The van der Waals surface area contributed by atoms with Gasteiger partial charge in [0.25, 0.3) is 0 Å². The molecule has 2 N–H and O–H groups in total. The Morgan fingerprint density at radius 1 is 1.10 bits per heavy atom. The van der Waals surface area contributed by atoms with Crippen LogP contribution in [0.15, 0.2) is 36.4 Å². The van der Waals surface area contributed by atoms with Crippen LogP contribution in [-0.4, -0.2) is 7.11 Å². The van der Waals surface area contributed by atoms with Crippen LogP contribution < -0.4 is 15.2 Å². The van der Waals surface area contributed by atoms with E-state index in [0.717, 1.165) is 17.7 Å². The number of methoxy groups -OCH3 is 1. The fraction of sp³-hybridized carbons (Fsp3) is 0.250. The molecule has 0 amide bonds. The zero-order valence-electron chi connectivity index (χ0n) is 11.7. The van der Waals surface area contributed by atoms with Gasteiger partial charge in [0.15, 0.2) is 11.5 Å². The number of rotatable bonds is 5. The molecule has 20 heavy (non-hydrogen) atoms. The van der Waals surface area contributed by atoms with Crippen molar-refractivity contribution in [3.8, 4) is 11.5 Å². The molecule has 3 nitrogen and oxygen atoms in total.